The van der Waals surface area contributed by atoms with Crippen molar-refractivity contribution < 1.29 is 21.9 Å². The topological polar surface area (TPSA) is 113 Å². The molecule has 0 aliphatic carbocycles. The quantitative estimate of drug-likeness (QED) is 0.635. The zero-order valence-electron chi connectivity index (χ0n) is 10.3. The van der Waals surface area contributed by atoms with Gasteiger partial charge in [-0.1, -0.05) is 13.0 Å². The maximum absolute atomic E-state index is 11.8. The molecule has 0 saturated carbocycles. The van der Waals surface area contributed by atoms with Gasteiger partial charge in [-0.2, -0.15) is 0 Å². The summed E-state index contributed by atoms with van der Waals surface area (Å²) in [7, 11) is -7.29. The van der Waals surface area contributed by atoms with Gasteiger partial charge < -0.3 is 5.11 Å². The Hall–Kier alpha value is -1.16. The predicted molar refractivity (Wildman–Crippen MR) is 70.8 cm³/mol. The van der Waals surface area contributed by atoms with Crippen LogP contribution in [0.25, 0.3) is 0 Å². The highest BCUT2D eigenvalue weighted by Gasteiger charge is 2.16. The summed E-state index contributed by atoms with van der Waals surface area (Å²) < 4.78 is 50.6. The summed E-state index contributed by atoms with van der Waals surface area (Å²) in [6.45, 7) is 1.64. The van der Waals surface area contributed by atoms with Crippen LogP contribution in [0.2, 0.25) is 0 Å². The molecule has 7 nitrogen and oxygen atoms in total. The largest absolute Gasteiger partial charge is 0.508 e. The average Bonchev–Trinajstić information content (AvgIpc) is 2.28. The molecule has 0 heterocycles. The summed E-state index contributed by atoms with van der Waals surface area (Å²) in [5.74, 6) is -0.526. The predicted octanol–water partition coefficient (Wildman–Crippen LogP) is -0.390. The van der Waals surface area contributed by atoms with E-state index in [1.807, 2.05) is 0 Å². The van der Waals surface area contributed by atoms with Crippen LogP contribution in [0.5, 0.6) is 5.75 Å². The van der Waals surface area contributed by atoms with Crippen LogP contribution in [-0.4, -0.2) is 40.8 Å². The highest BCUT2D eigenvalue weighted by molar-refractivity contribution is 7.90. The molecule has 0 atom stereocenters. The van der Waals surface area contributed by atoms with Gasteiger partial charge in [0, 0.05) is 13.1 Å². The first kappa shape index (κ1) is 15.9. The van der Waals surface area contributed by atoms with Gasteiger partial charge in [-0.05, 0) is 18.2 Å². The zero-order valence-corrected chi connectivity index (χ0v) is 12.0. The van der Waals surface area contributed by atoms with Gasteiger partial charge in [0.2, 0.25) is 20.0 Å². The minimum absolute atomic E-state index is 0.117. The second-order valence-electron chi connectivity index (χ2n) is 3.71. The van der Waals surface area contributed by atoms with Crippen molar-refractivity contribution in [3.8, 4) is 5.75 Å². The Morgan fingerprint density at radius 2 is 1.84 bits per heavy atom. The fourth-order valence-electron chi connectivity index (χ4n) is 1.34. The Kier molecular flexibility index (Phi) is 5.29. The van der Waals surface area contributed by atoms with E-state index in [0.717, 1.165) is 6.07 Å². The van der Waals surface area contributed by atoms with Crippen molar-refractivity contribution in [1.82, 2.24) is 9.44 Å². The fraction of sp³-hybridized carbons (Fsp3) is 0.400. The number of nitrogens with one attached hydrogen (secondary N) is 2. The lowest BCUT2D eigenvalue weighted by atomic mass is 10.3. The summed E-state index contributed by atoms with van der Waals surface area (Å²) in [5, 5.41) is 9.20. The van der Waals surface area contributed by atoms with Crippen molar-refractivity contribution in [3.63, 3.8) is 0 Å². The van der Waals surface area contributed by atoms with E-state index < -0.39 is 20.0 Å². The molecule has 19 heavy (non-hydrogen) atoms. The standard InChI is InChI=1S/C10H16N2O5S2/c1-2-11-18(14,15)7-6-12-19(16,17)10-5-3-4-9(13)8-10/h3-5,8,11-13H,2,6-7H2,1H3. The van der Waals surface area contributed by atoms with E-state index in [-0.39, 0.29) is 29.5 Å². The first-order valence-electron chi connectivity index (χ1n) is 5.53. The molecule has 1 rings (SSSR count). The molecule has 0 fully saturated rings. The Morgan fingerprint density at radius 1 is 1.16 bits per heavy atom. The van der Waals surface area contributed by atoms with Crippen LogP contribution in [0.4, 0.5) is 0 Å². The van der Waals surface area contributed by atoms with E-state index in [1.54, 1.807) is 6.92 Å². The van der Waals surface area contributed by atoms with E-state index in [4.69, 9.17) is 0 Å². The molecule has 0 amide bonds. The van der Waals surface area contributed by atoms with Crippen LogP contribution in [0.15, 0.2) is 29.2 Å². The molecule has 1 aromatic carbocycles. The number of hydrogen-bond acceptors (Lipinski definition) is 5. The number of rotatable bonds is 7. The molecule has 0 unspecified atom stereocenters. The molecular formula is C10H16N2O5S2. The van der Waals surface area contributed by atoms with Gasteiger partial charge in [0.25, 0.3) is 0 Å². The number of hydrogen-bond donors (Lipinski definition) is 3. The van der Waals surface area contributed by atoms with E-state index in [1.165, 1.54) is 18.2 Å². The number of phenolic OH excluding ortho intramolecular Hbond substituents is 1. The number of phenols is 1. The van der Waals surface area contributed by atoms with Gasteiger partial charge >= 0.3 is 0 Å². The van der Waals surface area contributed by atoms with E-state index in [2.05, 4.69) is 9.44 Å². The van der Waals surface area contributed by atoms with Crippen LogP contribution in [0, 0.1) is 0 Å². The summed E-state index contributed by atoms with van der Waals surface area (Å²) in [6, 6.07) is 5.12. The van der Waals surface area contributed by atoms with Crippen molar-refractivity contribution in [2.75, 3.05) is 18.8 Å². The molecule has 0 saturated heterocycles. The van der Waals surface area contributed by atoms with Crippen molar-refractivity contribution in [2.45, 2.75) is 11.8 Å². The highest BCUT2D eigenvalue weighted by atomic mass is 32.2. The Bertz CT molecular complexity index is 625. The van der Waals surface area contributed by atoms with Crippen molar-refractivity contribution in [3.05, 3.63) is 24.3 Å². The van der Waals surface area contributed by atoms with Gasteiger partial charge in [-0.3, -0.25) is 0 Å². The molecule has 0 aliphatic rings. The third-order valence-corrected chi connectivity index (χ3v) is 5.08. The number of sulfonamides is 2. The minimum Gasteiger partial charge on any atom is -0.508 e. The zero-order chi connectivity index (χ0) is 14.5. The molecular weight excluding hydrogens is 292 g/mol. The second kappa shape index (κ2) is 6.33. The van der Waals surface area contributed by atoms with Crippen LogP contribution >= 0.6 is 0 Å². The lowest BCUT2D eigenvalue weighted by molar-refractivity contribution is 0.473. The van der Waals surface area contributed by atoms with Crippen molar-refractivity contribution in [1.29, 1.82) is 0 Å². The molecule has 9 heteroatoms. The summed E-state index contributed by atoms with van der Waals surface area (Å²) in [6.07, 6.45) is 0. The Morgan fingerprint density at radius 3 is 2.42 bits per heavy atom. The number of aromatic hydroxyl groups is 1. The maximum atomic E-state index is 11.8. The molecule has 108 valence electrons. The number of benzene rings is 1. The monoisotopic (exact) mass is 308 g/mol. The maximum Gasteiger partial charge on any atom is 0.240 e. The van der Waals surface area contributed by atoms with Crippen molar-refractivity contribution >= 4 is 20.0 Å². The third kappa shape index (κ3) is 5.15. The second-order valence-corrected chi connectivity index (χ2v) is 7.41. The van der Waals surface area contributed by atoms with E-state index >= 15 is 0 Å². The van der Waals surface area contributed by atoms with E-state index in [9.17, 15) is 21.9 Å². The van der Waals surface area contributed by atoms with Gasteiger partial charge in [0.15, 0.2) is 0 Å². The van der Waals surface area contributed by atoms with Crippen molar-refractivity contribution in [2.24, 2.45) is 0 Å². The SMILES string of the molecule is CCNS(=O)(=O)CCNS(=O)(=O)c1cccc(O)c1. The lowest BCUT2D eigenvalue weighted by Crippen LogP contribution is -2.34. The van der Waals surface area contributed by atoms with E-state index in [0.29, 0.717) is 0 Å². The smallest absolute Gasteiger partial charge is 0.240 e. The molecule has 0 radical (unpaired) electrons. The molecule has 0 aliphatic heterocycles. The lowest BCUT2D eigenvalue weighted by Gasteiger charge is -2.07. The average molecular weight is 308 g/mol. The van der Waals surface area contributed by atoms with Gasteiger partial charge in [0.1, 0.15) is 5.75 Å². The van der Waals surface area contributed by atoms with Gasteiger partial charge in [-0.25, -0.2) is 26.3 Å². The normalized spacial score (nSPS) is 12.5. The van der Waals surface area contributed by atoms with Crippen LogP contribution in [0.1, 0.15) is 6.92 Å². The highest BCUT2D eigenvalue weighted by Crippen LogP contribution is 2.15. The molecule has 3 N–H and O–H groups in total. The van der Waals surface area contributed by atoms with Gasteiger partial charge in [0.05, 0.1) is 10.6 Å². The first-order valence-corrected chi connectivity index (χ1v) is 8.66. The minimum atomic E-state index is -3.82. The Balaban J connectivity index is 2.67. The first-order chi connectivity index (χ1) is 8.77. The van der Waals surface area contributed by atoms with Crippen LogP contribution < -0.4 is 9.44 Å². The van der Waals surface area contributed by atoms with Crippen LogP contribution in [-0.2, 0) is 20.0 Å². The molecule has 0 aromatic heterocycles. The third-order valence-electron chi connectivity index (χ3n) is 2.16. The summed E-state index contributed by atoms with van der Waals surface area (Å²) in [5.41, 5.74) is 0. The molecule has 0 bridgehead atoms. The Labute approximate surface area is 112 Å². The van der Waals surface area contributed by atoms with Gasteiger partial charge in [-0.15, -0.1) is 0 Å². The summed E-state index contributed by atoms with van der Waals surface area (Å²) in [4.78, 5) is -0.117. The van der Waals surface area contributed by atoms with Crippen LogP contribution in [0.3, 0.4) is 0 Å². The summed E-state index contributed by atoms with van der Waals surface area (Å²) >= 11 is 0. The fourth-order valence-corrected chi connectivity index (χ4v) is 3.49. The molecule has 1 aromatic rings. The molecule has 0 spiro atoms.